The lowest BCUT2D eigenvalue weighted by molar-refractivity contribution is 0.144. The summed E-state index contributed by atoms with van der Waals surface area (Å²) in [6, 6.07) is 6.50. The second kappa shape index (κ2) is 6.58. The molecule has 0 amide bonds. The first-order valence-electron chi connectivity index (χ1n) is 8.46. The van der Waals surface area contributed by atoms with Crippen LogP contribution in [0.3, 0.4) is 0 Å². The molecule has 21 heavy (non-hydrogen) atoms. The fraction of sp³-hybridized carbons (Fsp3) is 0.667. The van der Waals surface area contributed by atoms with Gasteiger partial charge in [0.1, 0.15) is 0 Å². The third-order valence-electron chi connectivity index (χ3n) is 5.55. The molecule has 1 aromatic carbocycles. The molecule has 1 saturated carbocycles. The average Bonchev–Trinajstić information content (AvgIpc) is 2.51. The summed E-state index contributed by atoms with van der Waals surface area (Å²) in [5.74, 6) is 0. The molecule has 2 aliphatic rings. The summed E-state index contributed by atoms with van der Waals surface area (Å²) < 4.78 is 0. The van der Waals surface area contributed by atoms with Gasteiger partial charge >= 0.3 is 0 Å². The maximum Gasteiger partial charge on any atom is 0.0459 e. The Hall–Kier alpha value is -0.730. The maximum absolute atomic E-state index is 6.39. The van der Waals surface area contributed by atoms with Gasteiger partial charge in [0, 0.05) is 23.8 Å². The van der Waals surface area contributed by atoms with Gasteiger partial charge < -0.3 is 10.6 Å². The summed E-state index contributed by atoms with van der Waals surface area (Å²) in [6.45, 7) is 3.03. The molecular weight excluding hydrogens is 280 g/mol. The molecule has 0 radical (unpaired) electrons. The largest absolute Gasteiger partial charge is 0.371 e. The summed E-state index contributed by atoms with van der Waals surface area (Å²) in [6.07, 6.45) is 10.8. The third kappa shape index (κ3) is 3.37. The molecular formula is C18H27ClN2. The van der Waals surface area contributed by atoms with Gasteiger partial charge in [-0.25, -0.2) is 0 Å². The van der Waals surface area contributed by atoms with Gasteiger partial charge in [-0.2, -0.15) is 0 Å². The van der Waals surface area contributed by atoms with E-state index >= 15 is 0 Å². The maximum atomic E-state index is 6.39. The van der Waals surface area contributed by atoms with E-state index in [1.807, 2.05) is 0 Å². The highest BCUT2D eigenvalue weighted by molar-refractivity contribution is 6.31. The lowest BCUT2D eigenvalue weighted by Crippen LogP contribution is -2.41. The summed E-state index contributed by atoms with van der Waals surface area (Å²) in [5.41, 5.74) is 8.74. The molecule has 1 aromatic rings. The molecule has 2 N–H and O–H groups in total. The molecule has 1 aliphatic heterocycles. The van der Waals surface area contributed by atoms with Gasteiger partial charge in [0.05, 0.1) is 0 Å². The van der Waals surface area contributed by atoms with Crippen molar-refractivity contribution in [3.05, 3.63) is 28.8 Å². The van der Waals surface area contributed by atoms with E-state index in [0.717, 1.165) is 11.4 Å². The van der Waals surface area contributed by atoms with Gasteiger partial charge in [-0.1, -0.05) is 36.9 Å². The third-order valence-corrected chi connectivity index (χ3v) is 5.91. The fourth-order valence-electron chi connectivity index (χ4n) is 4.13. The topological polar surface area (TPSA) is 29.3 Å². The van der Waals surface area contributed by atoms with E-state index in [9.17, 15) is 0 Å². The molecule has 2 nitrogen and oxygen atoms in total. The van der Waals surface area contributed by atoms with Gasteiger partial charge in [-0.05, 0) is 61.8 Å². The smallest absolute Gasteiger partial charge is 0.0459 e. The van der Waals surface area contributed by atoms with Crippen LogP contribution in [0.4, 0.5) is 5.69 Å². The molecule has 0 aromatic heterocycles. The average molecular weight is 307 g/mol. The first kappa shape index (κ1) is 15.2. The van der Waals surface area contributed by atoms with Crippen molar-refractivity contribution in [2.45, 2.75) is 51.4 Å². The Labute approximate surface area is 133 Å². The lowest BCUT2D eigenvalue weighted by atomic mass is 9.68. The Morgan fingerprint density at radius 3 is 2.38 bits per heavy atom. The molecule has 2 fully saturated rings. The van der Waals surface area contributed by atoms with Crippen LogP contribution in [0.15, 0.2) is 18.2 Å². The van der Waals surface area contributed by atoms with Crippen LogP contribution in [0.1, 0.15) is 50.5 Å². The molecule has 0 atom stereocenters. The van der Waals surface area contributed by atoms with Crippen molar-refractivity contribution in [3.63, 3.8) is 0 Å². The second-order valence-corrected chi connectivity index (χ2v) is 7.27. The minimum Gasteiger partial charge on any atom is -0.371 e. The van der Waals surface area contributed by atoms with Gasteiger partial charge in [0.2, 0.25) is 0 Å². The summed E-state index contributed by atoms with van der Waals surface area (Å²) >= 11 is 6.39. The number of piperidine rings is 1. The van der Waals surface area contributed by atoms with E-state index in [4.69, 9.17) is 17.3 Å². The SMILES string of the molecule is NCCc1ccc(N2CCC3(CCCCC3)CC2)cc1Cl. The molecule has 0 bridgehead atoms. The standard InChI is InChI=1S/C18H27ClN2/c19-17-14-16(5-4-15(17)6-11-20)21-12-9-18(10-13-21)7-2-1-3-8-18/h4-5,14H,1-3,6-13,20H2. The Bertz CT molecular complexity index is 470. The first-order valence-corrected chi connectivity index (χ1v) is 8.84. The molecule has 3 rings (SSSR count). The number of benzene rings is 1. The van der Waals surface area contributed by atoms with Gasteiger partial charge in [0.15, 0.2) is 0 Å². The monoisotopic (exact) mass is 306 g/mol. The highest BCUT2D eigenvalue weighted by Crippen LogP contribution is 2.45. The van der Waals surface area contributed by atoms with Crippen LogP contribution >= 0.6 is 11.6 Å². The summed E-state index contributed by atoms with van der Waals surface area (Å²) in [7, 11) is 0. The number of anilines is 1. The Morgan fingerprint density at radius 2 is 1.76 bits per heavy atom. The number of halogens is 1. The molecule has 116 valence electrons. The van der Waals surface area contributed by atoms with Crippen molar-refractivity contribution in [2.75, 3.05) is 24.5 Å². The van der Waals surface area contributed by atoms with E-state index in [1.165, 1.54) is 69.3 Å². The minimum atomic E-state index is 0.658. The van der Waals surface area contributed by atoms with Crippen molar-refractivity contribution < 1.29 is 0 Å². The van der Waals surface area contributed by atoms with E-state index in [0.29, 0.717) is 12.0 Å². The molecule has 3 heteroatoms. The van der Waals surface area contributed by atoms with Crippen molar-refractivity contribution in [3.8, 4) is 0 Å². The van der Waals surface area contributed by atoms with Crippen LogP contribution in [0.25, 0.3) is 0 Å². The Kier molecular flexibility index (Phi) is 4.75. The highest BCUT2D eigenvalue weighted by atomic mass is 35.5. The second-order valence-electron chi connectivity index (χ2n) is 6.86. The van der Waals surface area contributed by atoms with Crippen LogP contribution < -0.4 is 10.6 Å². The van der Waals surface area contributed by atoms with Crippen LogP contribution in [-0.2, 0) is 6.42 Å². The molecule has 1 saturated heterocycles. The van der Waals surface area contributed by atoms with Crippen LogP contribution in [0.2, 0.25) is 5.02 Å². The number of nitrogens with zero attached hydrogens (tertiary/aromatic N) is 1. The van der Waals surface area contributed by atoms with E-state index in [2.05, 4.69) is 23.1 Å². The Balaban J connectivity index is 1.65. The summed E-state index contributed by atoms with van der Waals surface area (Å²) in [5, 5.41) is 0.871. The van der Waals surface area contributed by atoms with Crippen molar-refractivity contribution in [2.24, 2.45) is 11.1 Å². The van der Waals surface area contributed by atoms with Gasteiger partial charge in [-0.3, -0.25) is 0 Å². The zero-order chi connectivity index (χ0) is 14.7. The quantitative estimate of drug-likeness (QED) is 0.897. The molecule has 1 aliphatic carbocycles. The van der Waals surface area contributed by atoms with Crippen LogP contribution in [-0.4, -0.2) is 19.6 Å². The van der Waals surface area contributed by atoms with Crippen LogP contribution in [0.5, 0.6) is 0 Å². The summed E-state index contributed by atoms with van der Waals surface area (Å²) in [4.78, 5) is 2.51. The van der Waals surface area contributed by atoms with Crippen molar-refractivity contribution >= 4 is 17.3 Å². The van der Waals surface area contributed by atoms with Crippen LogP contribution in [0, 0.1) is 5.41 Å². The van der Waals surface area contributed by atoms with E-state index in [-0.39, 0.29) is 0 Å². The number of rotatable bonds is 3. The van der Waals surface area contributed by atoms with Gasteiger partial charge in [-0.15, -0.1) is 0 Å². The zero-order valence-electron chi connectivity index (χ0n) is 12.9. The van der Waals surface area contributed by atoms with Crippen molar-refractivity contribution in [1.82, 2.24) is 0 Å². The van der Waals surface area contributed by atoms with Crippen molar-refractivity contribution in [1.29, 1.82) is 0 Å². The fourth-order valence-corrected chi connectivity index (χ4v) is 4.40. The number of hydrogen-bond acceptors (Lipinski definition) is 2. The van der Waals surface area contributed by atoms with Gasteiger partial charge in [0.25, 0.3) is 0 Å². The lowest BCUT2D eigenvalue weighted by Gasteiger charge is -2.45. The zero-order valence-corrected chi connectivity index (χ0v) is 13.7. The Morgan fingerprint density at radius 1 is 1.05 bits per heavy atom. The van der Waals surface area contributed by atoms with E-state index in [1.54, 1.807) is 0 Å². The predicted molar refractivity (Wildman–Crippen MR) is 91.2 cm³/mol. The normalized spacial score (nSPS) is 21.7. The number of nitrogens with two attached hydrogens (primary N) is 1. The molecule has 1 spiro atoms. The number of hydrogen-bond donors (Lipinski definition) is 1. The molecule has 0 unspecified atom stereocenters. The van der Waals surface area contributed by atoms with E-state index < -0.39 is 0 Å². The predicted octanol–water partition coefficient (Wildman–Crippen LogP) is 4.39. The minimum absolute atomic E-state index is 0.658. The molecule has 1 heterocycles. The highest BCUT2D eigenvalue weighted by Gasteiger charge is 2.35. The first-order chi connectivity index (χ1) is 10.2.